The summed E-state index contributed by atoms with van der Waals surface area (Å²) in [7, 11) is 0. The number of nitrogens with one attached hydrogen (secondary N) is 1. The molecule has 1 aromatic heterocycles. The number of benzene rings is 2. The van der Waals surface area contributed by atoms with Gasteiger partial charge < -0.3 is 0 Å². The molecule has 3 aromatic rings. The van der Waals surface area contributed by atoms with E-state index in [9.17, 15) is 4.79 Å². The standard InChI is InChI=1S/C20H17N3O/c24-20(18-12-17(18)15-5-2-1-3-6-15)23-22-13-14-8-9-19-16(11-14)7-4-10-21-19/h1-11,13,17-18H,12H2,(H,23,24)/b22-13+/t17-,18+/m1/s1. The first-order valence-electron chi connectivity index (χ1n) is 8.04. The minimum absolute atomic E-state index is 0.0115. The number of carbonyl (C=O) groups excluding carboxylic acids is 1. The smallest absolute Gasteiger partial charge is 0.243 e. The molecule has 1 aliphatic carbocycles. The van der Waals surface area contributed by atoms with Gasteiger partial charge in [0, 0.05) is 17.5 Å². The van der Waals surface area contributed by atoms with E-state index in [1.165, 1.54) is 5.56 Å². The van der Waals surface area contributed by atoms with Crippen LogP contribution in [0.1, 0.15) is 23.5 Å². The lowest BCUT2D eigenvalue weighted by Gasteiger charge is -2.01. The van der Waals surface area contributed by atoms with Gasteiger partial charge in [-0.05, 0) is 41.7 Å². The SMILES string of the molecule is O=C(N/N=C/c1ccc2ncccc2c1)[C@H]1C[C@@H]1c1ccccc1. The molecular formula is C20H17N3O. The number of rotatable bonds is 4. The highest BCUT2D eigenvalue weighted by Crippen LogP contribution is 2.47. The van der Waals surface area contributed by atoms with Gasteiger partial charge in [-0.3, -0.25) is 9.78 Å². The first kappa shape index (κ1) is 14.6. The topological polar surface area (TPSA) is 54.4 Å². The van der Waals surface area contributed by atoms with Gasteiger partial charge in [-0.1, -0.05) is 42.5 Å². The summed E-state index contributed by atoms with van der Waals surface area (Å²) in [4.78, 5) is 16.4. The summed E-state index contributed by atoms with van der Waals surface area (Å²) in [6.45, 7) is 0. The molecule has 0 unspecified atom stereocenters. The van der Waals surface area contributed by atoms with Gasteiger partial charge in [-0.15, -0.1) is 0 Å². The predicted molar refractivity (Wildman–Crippen MR) is 94.8 cm³/mol. The molecule has 1 saturated carbocycles. The van der Waals surface area contributed by atoms with Crippen molar-refractivity contribution < 1.29 is 4.79 Å². The van der Waals surface area contributed by atoms with E-state index in [2.05, 4.69) is 27.6 Å². The van der Waals surface area contributed by atoms with Crippen molar-refractivity contribution in [2.75, 3.05) is 0 Å². The van der Waals surface area contributed by atoms with Gasteiger partial charge in [0.05, 0.1) is 11.7 Å². The Balaban J connectivity index is 1.37. The van der Waals surface area contributed by atoms with Gasteiger partial charge in [0.1, 0.15) is 0 Å². The molecule has 0 spiro atoms. The van der Waals surface area contributed by atoms with Gasteiger partial charge in [0.15, 0.2) is 0 Å². The molecule has 2 atom stereocenters. The third-order valence-electron chi connectivity index (χ3n) is 4.37. The zero-order valence-corrected chi connectivity index (χ0v) is 13.1. The van der Waals surface area contributed by atoms with Crippen LogP contribution in [0.25, 0.3) is 10.9 Å². The quantitative estimate of drug-likeness (QED) is 0.592. The monoisotopic (exact) mass is 315 g/mol. The van der Waals surface area contributed by atoms with Gasteiger partial charge in [0.2, 0.25) is 5.91 Å². The van der Waals surface area contributed by atoms with Gasteiger partial charge in [-0.2, -0.15) is 5.10 Å². The average molecular weight is 315 g/mol. The highest BCUT2D eigenvalue weighted by Gasteiger charge is 2.43. The van der Waals surface area contributed by atoms with Crippen molar-refractivity contribution in [1.29, 1.82) is 0 Å². The molecule has 1 fully saturated rings. The normalized spacial score (nSPS) is 19.5. The maximum absolute atomic E-state index is 12.2. The Morgan fingerprint density at radius 1 is 1.12 bits per heavy atom. The maximum Gasteiger partial charge on any atom is 0.243 e. The van der Waals surface area contributed by atoms with Crippen LogP contribution in [0.15, 0.2) is 72.0 Å². The van der Waals surface area contributed by atoms with Crippen molar-refractivity contribution in [2.45, 2.75) is 12.3 Å². The summed E-state index contributed by atoms with van der Waals surface area (Å²) < 4.78 is 0. The van der Waals surface area contributed by atoms with Crippen LogP contribution in [0.2, 0.25) is 0 Å². The Morgan fingerprint density at radius 2 is 2.00 bits per heavy atom. The fourth-order valence-corrected chi connectivity index (χ4v) is 2.98. The summed E-state index contributed by atoms with van der Waals surface area (Å²) >= 11 is 0. The molecule has 1 aliphatic rings. The van der Waals surface area contributed by atoms with E-state index in [1.807, 2.05) is 48.5 Å². The van der Waals surface area contributed by atoms with Crippen molar-refractivity contribution in [2.24, 2.45) is 11.0 Å². The van der Waals surface area contributed by atoms with E-state index in [-0.39, 0.29) is 11.8 Å². The first-order chi connectivity index (χ1) is 11.8. The third-order valence-corrected chi connectivity index (χ3v) is 4.37. The van der Waals surface area contributed by atoms with Crippen molar-refractivity contribution in [3.8, 4) is 0 Å². The van der Waals surface area contributed by atoms with Gasteiger partial charge in [0.25, 0.3) is 0 Å². The number of aromatic nitrogens is 1. The molecule has 0 radical (unpaired) electrons. The number of pyridine rings is 1. The van der Waals surface area contributed by atoms with Gasteiger partial charge in [-0.25, -0.2) is 5.43 Å². The highest BCUT2D eigenvalue weighted by molar-refractivity contribution is 5.89. The van der Waals surface area contributed by atoms with E-state index in [0.29, 0.717) is 5.92 Å². The summed E-state index contributed by atoms with van der Waals surface area (Å²) in [5, 5.41) is 5.15. The minimum Gasteiger partial charge on any atom is -0.273 e. The number of fused-ring (bicyclic) bond motifs is 1. The van der Waals surface area contributed by atoms with Crippen LogP contribution in [0.5, 0.6) is 0 Å². The second-order valence-corrected chi connectivity index (χ2v) is 6.05. The number of carbonyl (C=O) groups is 1. The Labute approximate surface area is 140 Å². The molecule has 0 aliphatic heterocycles. The maximum atomic E-state index is 12.2. The van der Waals surface area contributed by atoms with Crippen LogP contribution >= 0.6 is 0 Å². The molecule has 4 nitrogen and oxygen atoms in total. The van der Waals surface area contributed by atoms with E-state index < -0.39 is 0 Å². The summed E-state index contributed by atoms with van der Waals surface area (Å²) in [6, 6.07) is 20.0. The molecule has 0 saturated heterocycles. The zero-order valence-electron chi connectivity index (χ0n) is 13.1. The van der Waals surface area contributed by atoms with Crippen LogP contribution in [0, 0.1) is 5.92 Å². The lowest BCUT2D eigenvalue weighted by molar-refractivity contribution is -0.122. The molecular weight excluding hydrogens is 298 g/mol. The molecule has 2 aromatic carbocycles. The molecule has 118 valence electrons. The van der Waals surface area contributed by atoms with Crippen LogP contribution in [0.3, 0.4) is 0 Å². The van der Waals surface area contributed by atoms with Crippen LogP contribution in [-0.2, 0) is 4.79 Å². The summed E-state index contributed by atoms with van der Waals surface area (Å²) in [5.74, 6) is 0.348. The molecule has 24 heavy (non-hydrogen) atoms. The fraction of sp³-hybridized carbons (Fsp3) is 0.150. The Kier molecular flexibility index (Phi) is 3.79. The molecule has 4 heteroatoms. The third kappa shape index (κ3) is 3.04. The van der Waals surface area contributed by atoms with Crippen molar-refractivity contribution >= 4 is 23.0 Å². The zero-order chi connectivity index (χ0) is 16.4. The highest BCUT2D eigenvalue weighted by atomic mass is 16.2. The Hall–Kier alpha value is -3.01. The second-order valence-electron chi connectivity index (χ2n) is 6.05. The second kappa shape index (κ2) is 6.24. The van der Waals surface area contributed by atoms with E-state index in [1.54, 1.807) is 12.4 Å². The largest absolute Gasteiger partial charge is 0.273 e. The summed E-state index contributed by atoms with van der Waals surface area (Å²) in [6.07, 6.45) is 4.34. The molecule has 4 rings (SSSR count). The number of hydrogen-bond donors (Lipinski definition) is 1. The van der Waals surface area contributed by atoms with Crippen molar-refractivity contribution in [1.82, 2.24) is 10.4 Å². The van der Waals surface area contributed by atoms with E-state index in [0.717, 1.165) is 22.9 Å². The Morgan fingerprint density at radius 3 is 2.88 bits per heavy atom. The minimum atomic E-state index is -0.0115. The van der Waals surface area contributed by atoms with E-state index >= 15 is 0 Å². The number of hydrazone groups is 1. The molecule has 1 N–H and O–H groups in total. The first-order valence-corrected chi connectivity index (χ1v) is 8.04. The van der Waals surface area contributed by atoms with E-state index in [4.69, 9.17) is 0 Å². The van der Waals surface area contributed by atoms with Gasteiger partial charge >= 0.3 is 0 Å². The lowest BCUT2D eigenvalue weighted by Crippen LogP contribution is -2.20. The molecule has 0 bridgehead atoms. The van der Waals surface area contributed by atoms with Crippen molar-refractivity contribution in [3.63, 3.8) is 0 Å². The van der Waals surface area contributed by atoms with Crippen LogP contribution in [0.4, 0.5) is 0 Å². The van der Waals surface area contributed by atoms with Crippen LogP contribution < -0.4 is 5.43 Å². The number of hydrogen-bond acceptors (Lipinski definition) is 3. The Bertz CT molecular complexity index is 905. The van der Waals surface area contributed by atoms with Crippen LogP contribution in [-0.4, -0.2) is 17.1 Å². The average Bonchev–Trinajstić information content (AvgIpc) is 3.43. The fourth-order valence-electron chi connectivity index (χ4n) is 2.98. The number of amides is 1. The molecule has 1 heterocycles. The molecule has 1 amide bonds. The van der Waals surface area contributed by atoms with Crippen molar-refractivity contribution in [3.05, 3.63) is 78.0 Å². The predicted octanol–water partition coefficient (Wildman–Crippen LogP) is 3.49. The number of nitrogens with zero attached hydrogens (tertiary/aromatic N) is 2. The lowest BCUT2D eigenvalue weighted by atomic mass is 10.1. The summed E-state index contributed by atoms with van der Waals surface area (Å²) in [5.41, 5.74) is 5.76.